The summed E-state index contributed by atoms with van der Waals surface area (Å²) in [4.78, 5) is 24.9. The molecule has 12 heteroatoms. The molecule has 0 aliphatic carbocycles. The summed E-state index contributed by atoms with van der Waals surface area (Å²) >= 11 is 5.03. The minimum Gasteiger partial charge on any atom is -0.780 e. The van der Waals surface area contributed by atoms with Gasteiger partial charge in [0, 0.05) is 6.42 Å². The van der Waals surface area contributed by atoms with Crippen molar-refractivity contribution in [1.29, 1.82) is 0 Å². The molecule has 1 saturated heterocycles. The van der Waals surface area contributed by atoms with Gasteiger partial charge in [0.2, 0.25) is 0 Å². The summed E-state index contributed by atoms with van der Waals surface area (Å²) in [5.74, 6) is 0.257. The van der Waals surface area contributed by atoms with E-state index < -0.39 is 25.2 Å². The Kier molecular flexibility index (Phi) is 6.11. The lowest BCUT2D eigenvalue weighted by Gasteiger charge is -2.29. The molecule has 1 unspecified atom stereocenters. The van der Waals surface area contributed by atoms with E-state index in [1.807, 2.05) is 42.5 Å². The van der Waals surface area contributed by atoms with Gasteiger partial charge in [-0.1, -0.05) is 48.2 Å². The first-order valence-electron chi connectivity index (χ1n) is 10.2. The highest BCUT2D eigenvalue weighted by Gasteiger charge is 2.36. The fourth-order valence-corrected chi connectivity index (χ4v) is 4.85. The number of anilines is 1. The summed E-state index contributed by atoms with van der Waals surface area (Å²) < 4.78 is 18.3. The molecular formula is C21H21N5O5PS-. The number of nitrogens with two attached hydrogens (primary N) is 1. The van der Waals surface area contributed by atoms with Crippen molar-refractivity contribution in [3.8, 4) is 0 Å². The third-order valence-electron chi connectivity index (χ3n) is 5.50. The fraction of sp³-hybridized carbons (Fsp3) is 0.286. The smallest absolute Gasteiger partial charge is 0.167 e. The van der Waals surface area contributed by atoms with Crippen LogP contribution in [0.1, 0.15) is 18.2 Å². The number of nitrogen functional groups attached to an aromatic ring is 1. The highest BCUT2D eigenvalue weighted by Crippen LogP contribution is 2.41. The molecule has 1 fully saturated rings. The largest absolute Gasteiger partial charge is 0.780 e. The molecule has 3 N–H and O–H groups in total. The van der Waals surface area contributed by atoms with Gasteiger partial charge in [0.15, 0.2) is 11.5 Å². The van der Waals surface area contributed by atoms with E-state index in [-0.39, 0.29) is 25.5 Å². The molecule has 5 rings (SSSR count). The average Bonchev–Trinajstić information content (AvgIpc) is 3.40. The van der Waals surface area contributed by atoms with Crippen molar-refractivity contribution in [2.75, 3.05) is 12.3 Å². The molecule has 0 spiro atoms. The molecule has 0 saturated carbocycles. The Morgan fingerprint density at radius 3 is 2.85 bits per heavy atom. The highest BCUT2D eigenvalue weighted by molar-refractivity contribution is 8.06. The number of aromatic nitrogens is 4. The number of imidazole rings is 1. The molecule has 2 aromatic heterocycles. The van der Waals surface area contributed by atoms with Crippen molar-refractivity contribution < 1.29 is 23.8 Å². The molecule has 1 aliphatic rings. The van der Waals surface area contributed by atoms with Crippen LogP contribution in [0.5, 0.6) is 0 Å². The number of aliphatic hydroxyl groups is 1. The number of hydrogen-bond donors (Lipinski definition) is 2. The predicted molar refractivity (Wildman–Crippen MR) is 123 cm³/mol. The molecule has 4 aromatic rings. The lowest BCUT2D eigenvalue weighted by atomic mass is 10.1. The summed E-state index contributed by atoms with van der Waals surface area (Å²) in [6, 6.07) is 13.7. The second-order valence-electron chi connectivity index (χ2n) is 7.71. The van der Waals surface area contributed by atoms with Crippen LogP contribution >= 0.6 is 6.72 Å². The molecule has 0 amide bonds. The standard InChI is InChI=1S/C21H22N5O5PS/c22-20-19-21(24-11-23-20)26(12-25-19)18-8-16(27)17(31-18)10-30-32(28,33)29-9-13-5-6-14-3-1-2-4-15(14)7-13/h1-7,11-12,16-18,27H,8-10H2,(H,28,33)(H2,22,23,24)/p-1/t16-,17+,18+,32?/m0/s1. The zero-order chi connectivity index (χ0) is 23.0. The van der Waals surface area contributed by atoms with E-state index in [1.165, 1.54) is 12.7 Å². The van der Waals surface area contributed by atoms with E-state index >= 15 is 0 Å². The van der Waals surface area contributed by atoms with Crippen molar-refractivity contribution in [2.24, 2.45) is 0 Å². The van der Waals surface area contributed by atoms with Crippen LogP contribution < -0.4 is 10.6 Å². The van der Waals surface area contributed by atoms with Crippen LogP contribution in [0.2, 0.25) is 0 Å². The maximum absolute atomic E-state index is 12.6. The summed E-state index contributed by atoms with van der Waals surface area (Å²) in [5, 5.41) is 12.6. The van der Waals surface area contributed by atoms with Gasteiger partial charge in [0.05, 0.1) is 25.6 Å². The topological polar surface area (TPSA) is 141 Å². The predicted octanol–water partition coefficient (Wildman–Crippen LogP) is 2.03. The first kappa shape index (κ1) is 22.3. The second-order valence-corrected chi connectivity index (χ2v) is 10.5. The second kappa shape index (κ2) is 9.03. The number of fused-ring (bicyclic) bond motifs is 2. The zero-order valence-electron chi connectivity index (χ0n) is 17.4. The van der Waals surface area contributed by atoms with Gasteiger partial charge < -0.3 is 29.5 Å². The lowest BCUT2D eigenvalue weighted by Crippen LogP contribution is -2.27. The lowest BCUT2D eigenvalue weighted by molar-refractivity contribution is -0.211. The average molecular weight is 486 g/mol. The minimum atomic E-state index is -3.79. The van der Waals surface area contributed by atoms with E-state index in [9.17, 15) is 10.00 Å². The van der Waals surface area contributed by atoms with Gasteiger partial charge >= 0.3 is 0 Å². The van der Waals surface area contributed by atoms with Gasteiger partial charge in [-0.15, -0.1) is 0 Å². The Morgan fingerprint density at radius 2 is 2.00 bits per heavy atom. The summed E-state index contributed by atoms with van der Waals surface area (Å²) in [7, 11) is 0. The van der Waals surface area contributed by atoms with Gasteiger partial charge in [0.25, 0.3) is 0 Å². The monoisotopic (exact) mass is 486 g/mol. The summed E-state index contributed by atoms with van der Waals surface area (Å²) in [6.45, 7) is -3.92. The first-order chi connectivity index (χ1) is 15.9. The minimum absolute atomic E-state index is 0.0461. The molecule has 3 heterocycles. The number of aliphatic hydroxyl groups excluding tert-OH is 1. The van der Waals surface area contributed by atoms with Crippen molar-refractivity contribution in [3.63, 3.8) is 0 Å². The van der Waals surface area contributed by atoms with Crippen LogP contribution in [0.25, 0.3) is 21.9 Å². The number of rotatable bonds is 7. The molecular weight excluding hydrogens is 465 g/mol. The SMILES string of the molecule is Nc1ncnc2c1ncn2[C@H]1C[C@H](O)[C@@H](COP([O-])(=S)OCc2ccc3ccccc3c2)O1. The fourth-order valence-electron chi connectivity index (χ4n) is 3.80. The Hall–Kier alpha value is -2.50. The van der Waals surface area contributed by atoms with Crippen LogP contribution in [-0.2, 0) is 32.2 Å². The summed E-state index contributed by atoms with van der Waals surface area (Å²) in [6.07, 6.45) is 0.983. The molecule has 0 radical (unpaired) electrons. The number of benzene rings is 2. The third-order valence-corrected chi connectivity index (χ3v) is 7.04. The van der Waals surface area contributed by atoms with E-state index in [1.54, 1.807) is 4.57 Å². The molecule has 2 aromatic carbocycles. The van der Waals surface area contributed by atoms with Crippen LogP contribution in [0.15, 0.2) is 55.1 Å². The summed E-state index contributed by atoms with van der Waals surface area (Å²) in [5.41, 5.74) is 7.59. The molecule has 4 atom stereocenters. The highest BCUT2D eigenvalue weighted by atomic mass is 32.5. The Labute approximate surface area is 194 Å². The molecule has 0 bridgehead atoms. The molecule has 172 valence electrons. The third kappa shape index (κ3) is 4.75. The Bertz CT molecular complexity index is 1350. The van der Waals surface area contributed by atoms with Crippen LogP contribution in [0, 0.1) is 0 Å². The van der Waals surface area contributed by atoms with E-state index in [4.69, 9.17) is 31.3 Å². The van der Waals surface area contributed by atoms with Crippen LogP contribution in [-0.4, -0.2) is 43.4 Å². The van der Waals surface area contributed by atoms with E-state index in [0.29, 0.717) is 11.2 Å². The van der Waals surface area contributed by atoms with E-state index in [2.05, 4.69) is 15.0 Å². The van der Waals surface area contributed by atoms with Gasteiger partial charge in [-0.2, -0.15) is 0 Å². The molecule has 33 heavy (non-hydrogen) atoms. The number of hydrogen-bond acceptors (Lipinski definition) is 10. The van der Waals surface area contributed by atoms with Crippen LogP contribution in [0.4, 0.5) is 5.82 Å². The van der Waals surface area contributed by atoms with Crippen molar-refractivity contribution in [3.05, 3.63) is 60.7 Å². The first-order valence-corrected chi connectivity index (χ1v) is 12.8. The van der Waals surface area contributed by atoms with Gasteiger partial charge in [0.1, 0.15) is 30.9 Å². The van der Waals surface area contributed by atoms with Gasteiger partial charge in [-0.05, 0) is 22.4 Å². The quantitative estimate of drug-likeness (QED) is 0.373. The number of ether oxygens (including phenoxy) is 1. The van der Waals surface area contributed by atoms with Gasteiger partial charge in [-0.25, -0.2) is 15.0 Å². The van der Waals surface area contributed by atoms with Gasteiger partial charge in [-0.3, -0.25) is 4.57 Å². The van der Waals surface area contributed by atoms with E-state index in [0.717, 1.165) is 16.3 Å². The normalized spacial score (nSPS) is 22.7. The molecule has 10 nitrogen and oxygen atoms in total. The molecule has 1 aliphatic heterocycles. The Balaban J connectivity index is 1.19. The Morgan fingerprint density at radius 1 is 1.18 bits per heavy atom. The maximum Gasteiger partial charge on any atom is 0.167 e. The van der Waals surface area contributed by atoms with Crippen LogP contribution in [0.3, 0.4) is 0 Å². The van der Waals surface area contributed by atoms with Crippen molar-refractivity contribution in [1.82, 2.24) is 19.5 Å². The number of nitrogens with zero attached hydrogens (tertiary/aromatic N) is 4. The zero-order valence-corrected chi connectivity index (χ0v) is 19.1. The maximum atomic E-state index is 12.6. The van der Waals surface area contributed by atoms with Crippen molar-refractivity contribution in [2.45, 2.75) is 31.5 Å². The van der Waals surface area contributed by atoms with Crippen molar-refractivity contribution >= 4 is 46.3 Å².